The topological polar surface area (TPSA) is 58.6 Å². The Morgan fingerprint density at radius 3 is 2.83 bits per heavy atom. The van der Waals surface area contributed by atoms with E-state index in [9.17, 15) is 9.90 Å². The largest absolute Gasteiger partial charge is 0.490 e. The van der Waals surface area contributed by atoms with Crippen molar-refractivity contribution < 1.29 is 14.6 Å². The van der Waals surface area contributed by atoms with Crippen LogP contribution in [0.15, 0.2) is 42.5 Å². The third kappa shape index (κ3) is 5.66. The molecule has 2 unspecified atom stereocenters. The van der Waals surface area contributed by atoms with Crippen LogP contribution < -0.4 is 10.1 Å². The number of aliphatic hydroxyl groups excluding tert-OH is 1. The van der Waals surface area contributed by atoms with Crippen LogP contribution in [0.5, 0.6) is 5.75 Å². The van der Waals surface area contributed by atoms with Gasteiger partial charge in [-0.25, -0.2) is 0 Å². The first kappa shape index (κ1) is 17.4. The lowest BCUT2D eigenvalue weighted by molar-refractivity contribution is 0.104. The van der Waals surface area contributed by atoms with Gasteiger partial charge in [0, 0.05) is 24.4 Å². The van der Waals surface area contributed by atoms with Gasteiger partial charge in [0.05, 0.1) is 0 Å². The van der Waals surface area contributed by atoms with Crippen LogP contribution in [-0.2, 0) is 4.79 Å². The fourth-order valence-electron chi connectivity index (χ4n) is 2.49. The standard InChI is InChI=1S/C19H24NO3/c1-15(7-4-5-12-21)20-13-17(22)14-23-19-11-6-9-16-8-2-3-10-18(16)19/h2-3,6,8-11,15,17,20,22H,4-5,7,13-14H2,1H3. The number of rotatable bonds is 10. The van der Waals surface area contributed by atoms with E-state index in [0.29, 0.717) is 13.0 Å². The molecule has 4 heteroatoms. The molecule has 23 heavy (non-hydrogen) atoms. The number of benzene rings is 2. The molecule has 0 aliphatic carbocycles. The highest BCUT2D eigenvalue weighted by molar-refractivity contribution is 5.88. The molecule has 0 saturated carbocycles. The zero-order chi connectivity index (χ0) is 16.5. The molecular formula is C19H24NO3. The Hall–Kier alpha value is -1.91. The molecule has 0 aliphatic rings. The van der Waals surface area contributed by atoms with E-state index in [-0.39, 0.29) is 12.6 Å². The molecule has 4 nitrogen and oxygen atoms in total. The monoisotopic (exact) mass is 314 g/mol. The summed E-state index contributed by atoms with van der Waals surface area (Å²) in [7, 11) is 0. The predicted octanol–water partition coefficient (Wildman–Crippen LogP) is 2.84. The molecule has 0 amide bonds. The zero-order valence-corrected chi connectivity index (χ0v) is 13.5. The van der Waals surface area contributed by atoms with Crippen LogP contribution in [0.25, 0.3) is 10.8 Å². The first-order valence-electron chi connectivity index (χ1n) is 8.07. The van der Waals surface area contributed by atoms with E-state index in [1.165, 1.54) is 0 Å². The van der Waals surface area contributed by atoms with Crippen molar-refractivity contribution >= 4 is 17.1 Å². The van der Waals surface area contributed by atoms with E-state index in [1.54, 1.807) is 0 Å². The van der Waals surface area contributed by atoms with Crippen molar-refractivity contribution in [2.24, 2.45) is 0 Å². The van der Waals surface area contributed by atoms with E-state index in [2.05, 4.69) is 5.32 Å². The normalized spacial score (nSPS) is 13.7. The molecule has 0 fully saturated rings. The molecule has 0 aliphatic heterocycles. The van der Waals surface area contributed by atoms with Crippen molar-refractivity contribution in [1.29, 1.82) is 0 Å². The van der Waals surface area contributed by atoms with Crippen LogP contribution in [0.3, 0.4) is 0 Å². The summed E-state index contributed by atoms with van der Waals surface area (Å²) in [4.78, 5) is 10.2. The van der Waals surface area contributed by atoms with Gasteiger partial charge in [0.25, 0.3) is 0 Å². The molecule has 1 radical (unpaired) electrons. The average molecular weight is 314 g/mol. The molecule has 2 N–H and O–H groups in total. The second-order valence-electron chi connectivity index (χ2n) is 5.79. The second kappa shape index (κ2) is 9.28. The van der Waals surface area contributed by atoms with Gasteiger partial charge in [-0.15, -0.1) is 0 Å². The van der Waals surface area contributed by atoms with Gasteiger partial charge in [-0.3, -0.25) is 4.79 Å². The first-order chi connectivity index (χ1) is 11.2. The molecule has 2 aromatic carbocycles. The number of hydrogen-bond donors (Lipinski definition) is 2. The lowest BCUT2D eigenvalue weighted by Crippen LogP contribution is -2.36. The average Bonchev–Trinajstić information content (AvgIpc) is 2.58. The maximum absolute atomic E-state index is 10.2. The van der Waals surface area contributed by atoms with Gasteiger partial charge in [-0.2, -0.15) is 0 Å². The molecule has 2 atom stereocenters. The molecule has 123 valence electrons. The molecule has 0 bridgehead atoms. The number of fused-ring (bicyclic) bond motifs is 1. The van der Waals surface area contributed by atoms with E-state index >= 15 is 0 Å². The molecule has 2 rings (SSSR count). The summed E-state index contributed by atoms with van der Waals surface area (Å²) in [5.41, 5.74) is 0. The highest BCUT2D eigenvalue weighted by Crippen LogP contribution is 2.25. The number of ether oxygens (including phenoxy) is 1. The fraction of sp³-hybridized carbons (Fsp3) is 0.421. The molecule has 0 heterocycles. The second-order valence-corrected chi connectivity index (χ2v) is 5.79. The van der Waals surface area contributed by atoms with Gasteiger partial charge in [-0.1, -0.05) is 36.4 Å². The minimum atomic E-state index is -0.575. The van der Waals surface area contributed by atoms with Crippen molar-refractivity contribution in [3.8, 4) is 5.75 Å². The lowest BCUT2D eigenvalue weighted by atomic mass is 10.1. The van der Waals surface area contributed by atoms with Gasteiger partial charge in [-0.05, 0) is 31.2 Å². The number of aliphatic hydroxyl groups is 1. The van der Waals surface area contributed by atoms with Gasteiger partial charge in [0.2, 0.25) is 0 Å². The molecule has 0 spiro atoms. The van der Waals surface area contributed by atoms with Gasteiger partial charge < -0.3 is 15.2 Å². The SMILES string of the molecule is CC(CCC[C]=O)NCC(O)COc1cccc2ccccc12. The van der Waals surface area contributed by atoms with Crippen LogP contribution >= 0.6 is 0 Å². The summed E-state index contributed by atoms with van der Waals surface area (Å²) in [5, 5.41) is 15.5. The maximum atomic E-state index is 10.2. The van der Waals surface area contributed by atoms with Gasteiger partial charge in [0.1, 0.15) is 18.5 Å². The summed E-state index contributed by atoms with van der Waals surface area (Å²) in [6, 6.07) is 14.2. The zero-order valence-electron chi connectivity index (χ0n) is 13.5. The number of carbonyl (C=O) groups excluding carboxylic acids is 1. The first-order valence-corrected chi connectivity index (χ1v) is 8.07. The van der Waals surface area contributed by atoms with Gasteiger partial charge in [0.15, 0.2) is 6.29 Å². The lowest BCUT2D eigenvalue weighted by Gasteiger charge is -2.18. The Morgan fingerprint density at radius 2 is 2.00 bits per heavy atom. The summed E-state index contributed by atoms with van der Waals surface area (Å²) < 4.78 is 5.77. The summed E-state index contributed by atoms with van der Waals surface area (Å²) in [6.07, 6.45) is 3.50. The van der Waals surface area contributed by atoms with Gasteiger partial charge >= 0.3 is 0 Å². The summed E-state index contributed by atoms with van der Waals surface area (Å²) in [6.45, 7) is 2.76. The van der Waals surface area contributed by atoms with Crippen LogP contribution in [0.2, 0.25) is 0 Å². The van der Waals surface area contributed by atoms with Crippen LogP contribution in [-0.4, -0.2) is 36.7 Å². The van der Waals surface area contributed by atoms with Crippen molar-refractivity contribution in [2.45, 2.75) is 38.3 Å². The Balaban J connectivity index is 1.77. The summed E-state index contributed by atoms with van der Waals surface area (Å²) >= 11 is 0. The van der Waals surface area contributed by atoms with Crippen molar-refractivity contribution in [3.63, 3.8) is 0 Å². The molecular weight excluding hydrogens is 290 g/mol. The number of unbranched alkanes of at least 4 members (excludes halogenated alkanes) is 1. The van der Waals surface area contributed by atoms with Crippen LogP contribution in [0.4, 0.5) is 0 Å². The van der Waals surface area contributed by atoms with E-state index in [0.717, 1.165) is 29.4 Å². The highest BCUT2D eigenvalue weighted by Gasteiger charge is 2.09. The van der Waals surface area contributed by atoms with Crippen molar-refractivity contribution in [2.75, 3.05) is 13.2 Å². The molecule has 0 aromatic heterocycles. The Labute approximate surface area is 137 Å². The summed E-state index contributed by atoms with van der Waals surface area (Å²) in [5.74, 6) is 0.789. The molecule has 2 aromatic rings. The van der Waals surface area contributed by atoms with Crippen molar-refractivity contribution in [3.05, 3.63) is 42.5 Å². The van der Waals surface area contributed by atoms with E-state index < -0.39 is 6.10 Å². The Bertz CT molecular complexity index is 609. The molecule has 0 saturated heterocycles. The quantitative estimate of drug-likeness (QED) is 0.662. The fourth-order valence-corrected chi connectivity index (χ4v) is 2.49. The number of nitrogens with one attached hydrogen (secondary N) is 1. The van der Waals surface area contributed by atoms with Crippen molar-refractivity contribution in [1.82, 2.24) is 5.32 Å². The van der Waals surface area contributed by atoms with Crippen LogP contribution in [0.1, 0.15) is 26.2 Å². The third-order valence-corrected chi connectivity index (χ3v) is 3.80. The van der Waals surface area contributed by atoms with E-state index in [1.807, 2.05) is 55.7 Å². The predicted molar refractivity (Wildman–Crippen MR) is 92.5 cm³/mol. The Morgan fingerprint density at radius 1 is 1.22 bits per heavy atom. The minimum absolute atomic E-state index is 0.246. The number of hydrogen-bond acceptors (Lipinski definition) is 4. The maximum Gasteiger partial charge on any atom is 0.198 e. The van der Waals surface area contributed by atoms with E-state index in [4.69, 9.17) is 4.74 Å². The highest BCUT2D eigenvalue weighted by atomic mass is 16.5. The smallest absolute Gasteiger partial charge is 0.198 e. The van der Waals surface area contributed by atoms with Crippen LogP contribution in [0, 0.1) is 0 Å². The Kier molecular flexibility index (Phi) is 7.04. The third-order valence-electron chi connectivity index (χ3n) is 3.80. The minimum Gasteiger partial charge on any atom is -0.490 e.